The lowest BCUT2D eigenvalue weighted by molar-refractivity contribution is -0.139. The molecule has 0 aliphatic heterocycles. The Morgan fingerprint density at radius 1 is 1.47 bits per heavy atom. The van der Waals surface area contributed by atoms with Gasteiger partial charge in [0.2, 0.25) is 0 Å². The Morgan fingerprint density at radius 2 is 2.05 bits per heavy atom. The van der Waals surface area contributed by atoms with Gasteiger partial charge in [-0.25, -0.2) is 9.59 Å². The number of aliphatic carboxylic acids is 1. The lowest BCUT2D eigenvalue weighted by atomic mass is 10.2. The van der Waals surface area contributed by atoms with Gasteiger partial charge < -0.3 is 15.2 Å². The van der Waals surface area contributed by atoms with Crippen molar-refractivity contribution < 1.29 is 19.4 Å². The van der Waals surface area contributed by atoms with Gasteiger partial charge in [-0.15, -0.1) is 0 Å². The van der Waals surface area contributed by atoms with Crippen molar-refractivity contribution in [3.05, 3.63) is 17.5 Å². The second-order valence-corrected chi connectivity index (χ2v) is 5.25. The molecule has 1 atom stereocenters. The Hall–Kier alpha value is -2.05. The van der Waals surface area contributed by atoms with E-state index in [9.17, 15) is 9.59 Å². The van der Waals surface area contributed by atoms with Crippen LogP contribution in [0.15, 0.2) is 6.07 Å². The van der Waals surface area contributed by atoms with Crippen LogP contribution >= 0.6 is 0 Å². The van der Waals surface area contributed by atoms with Gasteiger partial charge in [0, 0.05) is 12.7 Å². The van der Waals surface area contributed by atoms with E-state index in [0.29, 0.717) is 0 Å². The van der Waals surface area contributed by atoms with E-state index in [0.717, 1.165) is 5.69 Å². The fourth-order valence-electron chi connectivity index (χ4n) is 1.42. The van der Waals surface area contributed by atoms with Gasteiger partial charge in [0.1, 0.15) is 5.60 Å². The minimum atomic E-state index is -1.23. The van der Waals surface area contributed by atoms with Crippen LogP contribution in [0.5, 0.6) is 0 Å². The molecule has 0 aliphatic rings. The molecule has 0 fully saturated rings. The lowest BCUT2D eigenvalue weighted by Crippen LogP contribution is -2.38. The van der Waals surface area contributed by atoms with Gasteiger partial charge in [-0.3, -0.25) is 4.68 Å². The lowest BCUT2D eigenvalue weighted by Gasteiger charge is -2.21. The maximum atomic E-state index is 11.6. The normalized spacial score (nSPS) is 12.9. The van der Waals surface area contributed by atoms with Crippen molar-refractivity contribution in [1.29, 1.82) is 0 Å². The van der Waals surface area contributed by atoms with Crippen molar-refractivity contribution in [2.45, 2.75) is 39.3 Å². The van der Waals surface area contributed by atoms with Crippen molar-refractivity contribution in [3.8, 4) is 0 Å². The smallest absolute Gasteiger partial charge is 0.408 e. The number of hydrogen-bond acceptors (Lipinski definition) is 4. The fraction of sp³-hybridized carbons (Fsp3) is 0.583. The quantitative estimate of drug-likeness (QED) is 0.864. The first-order chi connectivity index (χ1) is 8.60. The number of ether oxygens (including phenoxy) is 1. The number of alkyl carbamates (subject to hydrolysis) is 1. The summed E-state index contributed by atoms with van der Waals surface area (Å²) in [4.78, 5) is 22.8. The molecule has 1 aromatic heterocycles. The van der Waals surface area contributed by atoms with E-state index in [-0.39, 0.29) is 5.69 Å². The summed E-state index contributed by atoms with van der Waals surface area (Å²) in [5.74, 6) is -1.19. The molecule has 1 aromatic rings. The molecule has 0 saturated heterocycles. The molecule has 1 amide bonds. The van der Waals surface area contributed by atoms with Gasteiger partial charge in [0.15, 0.2) is 6.04 Å². The number of carboxylic acids is 1. The molecule has 1 rings (SSSR count). The maximum absolute atomic E-state index is 11.6. The number of nitrogens with zero attached hydrogens (tertiary/aromatic N) is 2. The van der Waals surface area contributed by atoms with Gasteiger partial charge in [0.05, 0.1) is 5.69 Å². The number of hydrogen-bond donors (Lipinski definition) is 2. The van der Waals surface area contributed by atoms with Crippen molar-refractivity contribution in [2.75, 3.05) is 0 Å². The predicted molar refractivity (Wildman–Crippen MR) is 67.7 cm³/mol. The predicted octanol–water partition coefficient (Wildman–Crippen LogP) is 1.38. The molecule has 106 valence electrons. The number of amides is 1. The van der Waals surface area contributed by atoms with Gasteiger partial charge in [-0.2, -0.15) is 5.10 Å². The van der Waals surface area contributed by atoms with Gasteiger partial charge in [-0.05, 0) is 33.8 Å². The first-order valence-corrected chi connectivity index (χ1v) is 5.83. The SMILES string of the molecule is Cc1cc(C(NC(=O)OC(C)(C)C)C(=O)O)nn1C. The molecule has 7 nitrogen and oxygen atoms in total. The highest BCUT2D eigenvalue weighted by Crippen LogP contribution is 2.14. The zero-order valence-corrected chi connectivity index (χ0v) is 11.7. The Labute approximate surface area is 111 Å². The summed E-state index contributed by atoms with van der Waals surface area (Å²) in [6.45, 7) is 6.90. The van der Waals surface area contributed by atoms with Crippen molar-refractivity contribution in [2.24, 2.45) is 7.05 Å². The summed E-state index contributed by atoms with van der Waals surface area (Å²) in [6.07, 6.45) is -0.789. The fourth-order valence-corrected chi connectivity index (χ4v) is 1.42. The molecular weight excluding hydrogens is 250 g/mol. The monoisotopic (exact) mass is 269 g/mol. The Bertz CT molecular complexity index is 468. The zero-order chi connectivity index (χ0) is 14.8. The van der Waals surface area contributed by atoms with Crippen LogP contribution < -0.4 is 5.32 Å². The van der Waals surface area contributed by atoms with E-state index in [4.69, 9.17) is 9.84 Å². The summed E-state index contributed by atoms with van der Waals surface area (Å²) in [7, 11) is 1.70. The van der Waals surface area contributed by atoms with Crippen molar-refractivity contribution in [1.82, 2.24) is 15.1 Å². The van der Waals surface area contributed by atoms with Crippen LogP contribution in [0.1, 0.15) is 38.2 Å². The highest BCUT2D eigenvalue weighted by atomic mass is 16.6. The number of aryl methyl sites for hydroxylation is 2. The van der Waals surface area contributed by atoms with E-state index in [1.807, 2.05) is 0 Å². The molecule has 19 heavy (non-hydrogen) atoms. The van der Waals surface area contributed by atoms with E-state index in [1.54, 1.807) is 45.5 Å². The minimum absolute atomic E-state index is 0.262. The first-order valence-electron chi connectivity index (χ1n) is 5.83. The summed E-state index contributed by atoms with van der Waals surface area (Å²) < 4.78 is 6.57. The molecular formula is C12H19N3O4. The average molecular weight is 269 g/mol. The molecule has 1 heterocycles. The Balaban J connectivity index is 2.85. The molecule has 0 aliphatic carbocycles. The largest absolute Gasteiger partial charge is 0.479 e. The number of nitrogens with one attached hydrogen (secondary N) is 1. The van der Waals surface area contributed by atoms with Crippen molar-refractivity contribution >= 4 is 12.1 Å². The van der Waals surface area contributed by atoms with Crippen LogP contribution in [0.2, 0.25) is 0 Å². The van der Waals surface area contributed by atoms with E-state index < -0.39 is 23.7 Å². The summed E-state index contributed by atoms with van der Waals surface area (Å²) in [5.41, 5.74) is 0.373. The van der Waals surface area contributed by atoms with Crippen LogP contribution in [0.4, 0.5) is 4.79 Å². The van der Waals surface area contributed by atoms with Gasteiger partial charge in [0.25, 0.3) is 0 Å². The number of aromatic nitrogens is 2. The molecule has 0 bridgehead atoms. The van der Waals surface area contributed by atoms with Crippen molar-refractivity contribution in [3.63, 3.8) is 0 Å². The van der Waals surface area contributed by atoms with Crippen LogP contribution in [-0.4, -0.2) is 32.6 Å². The molecule has 7 heteroatoms. The molecule has 0 radical (unpaired) electrons. The average Bonchev–Trinajstić information content (AvgIpc) is 2.52. The number of carbonyl (C=O) groups is 2. The van der Waals surface area contributed by atoms with Crippen LogP contribution in [0.3, 0.4) is 0 Å². The minimum Gasteiger partial charge on any atom is -0.479 e. The number of carboxylic acid groups (broad SMARTS) is 1. The van der Waals surface area contributed by atoms with E-state index in [1.165, 1.54) is 0 Å². The molecule has 1 unspecified atom stereocenters. The number of carbonyl (C=O) groups excluding carboxylic acids is 1. The second kappa shape index (κ2) is 5.29. The third-order valence-corrected chi connectivity index (χ3v) is 2.34. The standard InChI is InChI=1S/C12H19N3O4/c1-7-6-8(14-15(7)5)9(10(16)17)13-11(18)19-12(2,3)4/h6,9H,1-5H3,(H,13,18)(H,16,17). The van der Waals surface area contributed by atoms with Gasteiger partial charge in [-0.1, -0.05) is 0 Å². The Morgan fingerprint density at radius 3 is 2.42 bits per heavy atom. The molecule has 0 aromatic carbocycles. The Kier molecular flexibility index (Phi) is 4.18. The summed E-state index contributed by atoms with van der Waals surface area (Å²) in [6, 6.07) is 0.380. The first kappa shape index (κ1) is 15.0. The highest BCUT2D eigenvalue weighted by molar-refractivity contribution is 5.81. The maximum Gasteiger partial charge on any atom is 0.408 e. The summed E-state index contributed by atoms with van der Waals surface area (Å²) >= 11 is 0. The third kappa shape index (κ3) is 4.27. The van der Waals surface area contributed by atoms with E-state index >= 15 is 0 Å². The van der Waals surface area contributed by atoms with Crippen LogP contribution in [0, 0.1) is 6.92 Å². The van der Waals surface area contributed by atoms with Crippen LogP contribution in [-0.2, 0) is 16.6 Å². The zero-order valence-electron chi connectivity index (χ0n) is 11.7. The summed E-state index contributed by atoms with van der Waals surface area (Å²) in [5, 5.41) is 15.5. The highest BCUT2D eigenvalue weighted by Gasteiger charge is 2.27. The molecule has 0 spiro atoms. The topological polar surface area (TPSA) is 93.4 Å². The molecule has 2 N–H and O–H groups in total. The van der Waals surface area contributed by atoms with Gasteiger partial charge >= 0.3 is 12.1 Å². The number of rotatable bonds is 3. The van der Waals surface area contributed by atoms with Crippen LogP contribution in [0.25, 0.3) is 0 Å². The third-order valence-electron chi connectivity index (χ3n) is 2.34. The molecule has 0 saturated carbocycles. The van der Waals surface area contributed by atoms with E-state index in [2.05, 4.69) is 10.4 Å². The second-order valence-electron chi connectivity index (χ2n) is 5.25.